The van der Waals surface area contributed by atoms with Crippen LogP contribution in [0.25, 0.3) is 10.8 Å². The molecule has 2 aromatic carbocycles. The fraction of sp³-hybridized carbons (Fsp3) is 0.294. The highest BCUT2D eigenvalue weighted by Crippen LogP contribution is 2.41. The van der Waals surface area contributed by atoms with Crippen molar-refractivity contribution in [2.45, 2.75) is 16.9 Å². The number of hydrogen-bond donors (Lipinski definition) is 2. The van der Waals surface area contributed by atoms with Crippen molar-refractivity contribution in [2.75, 3.05) is 24.1 Å². The third kappa shape index (κ3) is 2.35. The second-order valence-corrected chi connectivity index (χ2v) is 8.21. The van der Waals surface area contributed by atoms with Crippen LogP contribution in [0.1, 0.15) is 6.42 Å². The van der Waals surface area contributed by atoms with Gasteiger partial charge in [0.15, 0.2) is 5.54 Å². The molecule has 1 fully saturated rings. The molecule has 8 nitrogen and oxygen atoms in total. The van der Waals surface area contributed by atoms with Crippen LogP contribution in [0.5, 0.6) is 0 Å². The maximum Gasteiger partial charge on any atom is 0.331 e. The number of anilines is 1. The molecule has 4 rings (SSSR count). The van der Waals surface area contributed by atoms with E-state index in [1.807, 2.05) is 0 Å². The van der Waals surface area contributed by atoms with E-state index in [4.69, 9.17) is 4.74 Å². The summed E-state index contributed by atoms with van der Waals surface area (Å²) >= 11 is 0. The normalized spacial score (nSPS) is 23.3. The zero-order chi connectivity index (χ0) is 18.5. The number of benzene rings is 2. The van der Waals surface area contributed by atoms with Crippen LogP contribution in [0, 0.1) is 0 Å². The van der Waals surface area contributed by atoms with Gasteiger partial charge in [-0.1, -0.05) is 24.3 Å². The molecule has 0 aromatic heterocycles. The highest BCUT2D eigenvalue weighted by molar-refractivity contribution is 7.93. The van der Waals surface area contributed by atoms with Crippen LogP contribution in [0.15, 0.2) is 41.3 Å². The molecule has 2 aliphatic heterocycles. The van der Waals surface area contributed by atoms with Crippen molar-refractivity contribution in [2.24, 2.45) is 0 Å². The number of hydrogen-bond acceptors (Lipinski definition) is 5. The monoisotopic (exact) mass is 376 g/mol. The summed E-state index contributed by atoms with van der Waals surface area (Å²) in [6, 6.07) is 10.1. The summed E-state index contributed by atoms with van der Waals surface area (Å²) in [6.07, 6.45) is 0.136. The molecule has 2 aliphatic rings. The maximum atomic E-state index is 12.9. The number of rotatable bonds is 4. The quantitative estimate of drug-likeness (QED) is 0.813. The fourth-order valence-corrected chi connectivity index (χ4v) is 5.12. The zero-order valence-corrected chi connectivity index (χ0v) is 14.5. The molecule has 9 heteroatoms. The summed E-state index contributed by atoms with van der Waals surface area (Å²) in [6.45, 7) is -0.416. The lowest BCUT2D eigenvalue weighted by Gasteiger charge is -2.25. The topological polar surface area (TPSA) is 113 Å². The van der Waals surface area contributed by atoms with E-state index in [0.29, 0.717) is 11.1 Å². The Balaban J connectivity index is 1.66. The SMILES string of the molecule is O=C(CN1c2cccc3cccc(c23)S1(=O)=O)NC1(C(=O)O)CCOC1. The molecule has 0 radical (unpaired) electrons. The van der Waals surface area contributed by atoms with E-state index >= 15 is 0 Å². The van der Waals surface area contributed by atoms with Gasteiger partial charge in [-0.25, -0.2) is 13.2 Å². The lowest BCUT2D eigenvalue weighted by molar-refractivity contribution is -0.147. The Kier molecular flexibility index (Phi) is 3.67. The Morgan fingerprint density at radius 3 is 2.62 bits per heavy atom. The van der Waals surface area contributed by atoms with Crippen molar-refractivity contribution in [1.29, 1.82) is 0 Å². The third-order valence-electron chi connectivity index (χ3n) is 4.78. The Morgan fingerprint density at radius 1 is 1.23 bits per heavy atom. The van der Waals surface area contributed by atoms with Crippen molar-refractivity contribution in [3.63, 3.8) is 0 Å². The number of carboxylic acids is 1. The molecule has 1 unspecified atom stereocenters. The Bertz CT molecular complexity index is 1020. The predicted molar refractivity (Wildman–Crippen MR) is 92.4 cm³/mol. The molecule has 2 aromatic rings. The standard InChI is InChI=1S/C17H16N2O6S/c20-14(18-17(16(21)22)7-8-25-10-17)9-19-12-5-1-3-11-4-2-6-13(15(11)12)26(19,23)24/h1-6H,7-10H2,(H,18,20)(H,21,22). The first-order chi connectivity index (χ1) is 12.3. The van der Waals surface area contributed by atoms with Crippen LogP contribution in [0.2, 0.25) is 0 Å². The second-order valence-electron chi connectivity index (χ2n) is 6.38. The van der Waals surface area contributed by atoms with Crippen molar-refractivity contribution in [3.05, 3.63) is 36.4 Å². The molecule has 1 atom stereocenters. The van der Waals surface area contributed by atoms with Crippen LogP contribution >= 0.6 is 0 Å². The number of nitrogens with zero attached hydrogens (tertiary/aromatic N) is 1. The smallest absolute Gasteiger partial charge is 0.331 e. The van der Waals surface area contributed by atoms with Crippen LogP contribution in [-0.2, 0) is 24.3 Å². The van der Waals surface area contributed by atoms with Crippen molar-refractivity contribution < 1.29 is 27.9 Å². The second kappa shape index (κ2) is 5.68. The van der Waals surface area contributed by atoms with Gasteiger partial charge in [-0.05, 0) is 17.5 Å². The number of sulfonamides is 1. The molecule has 2 heterocycles. The van der Waals surface area contributed by atoms with E-state index in [-0.39, 0.29) is 24.5 Å². The molecule has 0 aliphatic carbocycles. The van der Waals surface area contributed by atoms with E-state index in [9.17, 15) is 23.1 Å². The van der Waals surface area contributed by atoms with Gasteiger partial charge in [0.1, 0.15) is 6.54 Å². The van der Waals surface area contributed by atoms with Gasteiger partial charge in [-0.2, -0.15) is 0 Å². The summed E-state index contributed by atoms with van der Waals surface area (Å²) in [5.41, 5.74) is -1.10. The molecule has 0 spiro atoms. The van der Waals surface area contributed by atoms with E-state index in [1.165, 1.54) is 6.07 Å². The first-order valence-corrected chi connectivity index (χ1v) is 9.46. The van der Waals surface area contributed by atoms with Gasteiger partial charge in [0.25, 0.3) is 10.0 Å². The van der Waals surface area contributed by atoms with Gasteiger partial charge in [0.05, 0.1) is 17.2 Å². The summed E-state index contributed by atoms with van der Waals surface area (Å²) in [5, 5.41) is 13.2. The molecule has 2 N–H and O–H groups in total. The van der Waals surface area contributed by atoms with Crippen LogP contribution in [0.3, 0.4) is 0 Å². The molecule has 0 saturated carbocycles. The minimum Gasteiger partial charge on any atom is -0.479 e. The molecular weight excluding hydrogens is 360 g/mol. The van der Waals surface area contributed by atoms with Crippen LogP contribution in [0.4, 0.5) is 5.69 Å². The zero-order valence-electron chi connectivity index (χ0n) is 13.6. The molecular formula is C17H16N2O6S. The number of carbonyl (C=O) groups is 2. The Morgan fingerprint density at radius 2 is 1.96 bits per heavy atom. The van der Waals surface area contributed by atoms with Crippen molar-refractivity contribution in [3.8, 4) is 0 Å². The summed E-state index contributed by atoms with van der Waals surface area (Å²) in [4.78, 5) is 24.2. The first kappa shape index (κ1) is 16.8. The number of ether oxygens (including phenoxy) is 1. The third-order valence-corrected chi connectivity index (χ3v) is 6.58. The fourth-order valence-electron chi connectivity index (χ4n) is 3.45. The molecule has 1 saturated heterocycles. The van der Waals surface area contributed by atoms with Gasteiger partial charge in [0, 0.05) is 18.4 Å². The molecule has 136 valence electrons. The van der Waals surface area contributed by atoms with E-state index in [0.717, 1.165) is 9.69 Å². The minimum atomic E-state index is -3.87. The number of carboxylic acid groups (broad SMARTS) is 1. The number of nitrogens with one attached hydrogen (secondary N) is 1. The summed E-state index contributed by atoms with van der Waals surface area (Å²) in [7, 11) is -3.87. The van der Waals surface area contributed by atoms with E-state index in [1.54, 1.807) is 30.3 Å². The number of carbonyl (C=O) groups excluding carboxylic acids is 1. The van der Waals surface area contributed by atoms with Gasteiger partial charge < -0.3 is 15.2 Å². The van der Waals surface area contributed by atoms with Gasteiger partial charge in [-0.15, -0.1) is 0 Å². The van der Waals surface area contributed by atoms with Gasteiger partial charge in [0.2, 0.25) is 5.91 Å². The average Bonchev–Trinajstić information content (AvgIpc) is 3.15. The number of amides is 1. The first-order valence-electron chi connectivity index (χ1n) is 8.02. The molecule has 0 bridgehead atoms. The highest BCUT2D eigenvalue weighted by Gasteiger charge is 2.45. The molecule has 1 amide bonds. The predicted octanol–water partition coefficient (Wildman–Crippen LogP) is 0.708. The van der Waals surface area contributed by atoms with Gasteiger partial charge >= 0.3 is 5.97 Å². The minimum absolute atomic E-state index is 0.136. The average molecular weight is 376 g/mol. The largest absolute Gasteiger partial charge is 0.479 e. The Hall–Kier alpha value is -2.65. The molecule has 26 heavy (non-hydrogen) atoms. The van der Waals surface area contributed by atoms with E-state index in [2.05, 4.69) is 5.32 Å². The summed E-state index contributed by atoms with van der Waals surface area (Å²) in [5.74, 6) is -1.88. The van der Waals surface area contributed by atoms with E-state index < -0.39 is 34.0 Å². The van der Waals surface area contributed by atoms with Crippen LogP contribution < -0.4 is 9.62 Å². The van der Waals surface area contributed by atoms with Crippen LogP contribution in [-0.4, -0.2) is 50.7 Å². The maximum absolute atomic E-state index is 12.9. The lowest BCUT2D eigenvalue weighted by Crippen LogP contribution is -2.57. The van der Waals surface area contributed by atoms with Crippen molar-refractivity contribution in [1.82, 2.24) is 5.32 Å². The summed E-state index contributed by atoms with van der Waals surface area (Å²) < 4.78 is 31.8. The van der Waals surface area contributed by atoms with Crippen molar-refractivity contribution >= 4 is 38.4 Å². The van der Waals surface area contributed by atoms with Gasteiger partial charge in [-0.3, -0.25) is 9.10 Å². The lowest BCUT2D eigenvalue weighted by atomic mass is 9.99. The highest BCUT2D eigenvalue weighted by atomic mass is 32.2. The Labute approximate surface area is 149 Å². The number of aliphatic carboxylic acids is 1.